The van der Waals surface area contributed by atoms with Crippen LogP contribution in [0.2, 0.25) is 0 Å². The minimum atomic E-state index is -5.56. The van der Waals surface area contributed by atoms with Gasteiger partial charge in [0, 0.05) is 18.5 Å². The minimum Gasteiger partial charge on any atom is -0.756 e. The number of ether oxygens (including phenoxy) is 2. The van der Waals surface area contributed by atoms with Gasteiger partial charge in [0.05, 0.1) is 25.2 Å². The van der Waals surface area contributed by atoms with Gasteiger partial charge in [0.15, 0.2) is 41.5 Å². The standard InChI is InChI=1S/C22H27N7O13P2/c23-11-2-1-4-27(6-11)21-17(32)15(30)12(40-21)7-38-43(34,35)42-44(36,37)39-8-13-16(31)18(33)22(41-13)29-10-25-14-19-24-3-5-28(19)9-26-20(14)29/h1-6,9-10,12-13,15-18,21-22,30-33H,7-8,23H2,(H-,34,35,36,37)/t12-,13-,15-,16-,17-,18-,21-,22-/m1/s1. The van der Waals surface area contributed by atoms with Crippen LogP contribution in [0, 0.1) is 0 Å². The highest BCUT2D eigenvalue weighted by molar-refractivity contribution is 7.60. The first-order valence-electron chi connectivity index (χ1n) is 12.9. The van der Waals surface area contributed by atoms with Crippen molar-refractivity contribution in [3.05, 3.63) is 49.6 Å². The molecule has 6 heterocycles. The average Bonchev–Trinajstić information content (AvgIpc) is 3.73. The number of rotatable bonds is 10. The number of pyridine rings is 1. The van der Waals surface area contributed by atoms with E-state index >= 15 is 0 Å². The summed E-state index contributed by atoms with van der Waals surface area (Å²) < 4.78 is 53.7. The zero-order valence-electron chi connectivity index (χ0n) is 22.3. The lowest BCUT2D eigenvalue weighted by molar-refractivity contribution is -0.765. The summed E-state index contributed by atoms with van der Waals surface area (Å²) in [5.41, 5.74) is 7.17. The molecule has 2 saturated heterocycles. The molecule has 4 aromatic heterocycles. The van der Waals surface area contributed by atoms with Crippen LogP contribution in [0.4, 0.5) is 5.69 Å². The van der Waals surface area contributed by atoms with Crippen molar-refractivity contribution in [3.8, 4) is 0 Å². The second-order valence-corrected chi connectivity index (χ2v) is 13.0. The Balaban J connectivity index is 1.04. The number of nitrogens with two attached hydrogens (primary N) is 1. The van der Waals surface area contributed by atoms with E-state index in [-0.39, 0.29) is 5.65 Å². The highest BCUT2D eigenvalue weighted by Crippen LogP contribution is 2.58. The summed E-state index contributed by atoms with van der Waals surface area (Å²) in [5.74, 6) is 0. The van der Waals surface area contributed by atoms with Gasteiger partial charge >= 0.3 is 7.82 Å². The van der Waals surface area contributed by atoms with E-state index in [0.717, 1.165) is 0 Å². The zero-order chi connectivity index (χ0) is 31.4. The maximum absolute atomic E-state index is 12.4. The van der Waals surface area contributed by atoms with Crippen LogP contribution < -0.4 is 15.2 Å². The summed E-state index contributed by atoms with van der Waals surface area (Å²) in [5, 5.41) is 41.7. The predicted molar refractivity (Wildman–Crippen MR) is 140 cm³/mol. The van der Waals surface area contributed by atoms with Gasteiger partial charge < -0.3 is 49.9 Å². The molecule has 44 heavy (non-hydrogen) atoms. The third-order valence-corrected chi connectivity index (χ3v) is 9.61. The number of phosphoric acid groups is 2. The van der Waals surface area contributed by atoms with Gasteiger partial charge in [-0.1, -0.05) is 0 Å². The number of fused-ring (bicyclic) bond motifs is 3. The lowest BCUT2D eigenvalue weighted by Crippen LogP contribution is -2.45. The van der Waals surface area contributed by atoms with Crippen LogP contribution in [0.5, 0.6) is 0 Å². The van der Waals surface area contributed by atoms with Crippen molar-refractivity contribution in [1.29, 1.82) is 0 Å². The molecule has 2 aliphatic heterocycles. The topological polar surface area (TPSA) is 282 Å². The third kappa shape index (κ3) is 6.01. The molecule has 0 radical (unpaired) electrons. The summed E-state index contributed by atoms with van der Waals surface area (Å²) in [6, 6.07) is 3.14. The Hall–Kier alpha value is -2.94. The number of anilines is 1. The van der Waals surface area contributed by atoms with Gasteiger partial charge in [-0.25, -0.2) is 23.8 Å². The van der Waals surface area contributed by atoms with E-state index in [1.807, 2.05) is 0 Å². The molecular weight excluding hydrogens is 632 g/mol. The summed E-state index contributed by atoms with van der Waals surface area (Å²) in [6.45, 7) is -1.78. The molecule has 2 aliphatic rings. The first-order valence-corrected chi connectivity index (χ1v) is 15.9. The van der Waals surface area contributed by atoms with Crippen molar-refractivity contribution in [3.63, 3.8) is 0 Å². The summed E-state index contributed by atoms with van der Waals surface area (Å²) >= 11 is 0. The van der Waals surface area contributed by atoms with Crippen LogP contribution in [0.3, 0.4) is 0 Å². The van der Waals surface area contributed by atoms with E-state index in [4.69, 9.17) is 19.7 Å². The summed E-state index contributed by atoms with van der Waals surface area (Å²) in [6.07, 6.45) is -2.57. The molecule has 0 saturated carbocycles. The fourth-order valence-corrected chi connectivity index (χ4v) is 6.97. The van der Waals surface area contributed by atoms with Crippen LogP contribution in [-0.2, 0) is 32.0 Å². The molecule has 238 valence electrons. The van der Waals surface area contributed by atoms with Gasteiger partial charge in [-0.3, -0.25) is 18.1 Å². The molecule has 0 spiro atoms. The number of imidazole rings is 2. The molecule has 7 N–H and O–H groups in total. The average molecular weight is 659 g/mol. The van der Waals surface area contributed by atoms with Crippen LogP contribution in [0.25, 0.3) is 16.8 Å². The van der Waals surface area contributed by atoms with Crippen molar-refractivity contribution in [1.82, 2.24) is 23.9 Å². The molecule has 0 amide bonds. The summed E-state index contributed by atoms with van der Waals surface area (Å²) in [4.78, 5) is 35.0. The molecule has 22 heteroatoms. The third-order valence-electron chi connectivity index (χ3n) is 7.04. The minimum absolute atomic E-state index is 0.267. The second-order valence-electron chi connectivity index (χ2n) is 9.99. The molecule has 2 fully saturated rings. The Morgan fingerprint density at radius 1 is 0.977 bits per heavy atom. The quantitative estimate of drug-likeness (QED) is 0.0758. The number of phosphoric ester groups is 2. The monoisotopic (exact) mass is 659 g/mol. The molecular formula is C22H27N7O13P2. The highest BCUT2D eigenvalue weighted by atomic mass is 31.3. The number of aromatic nitrogens is 6. The molecule has 10 atom stereocenters. The Kier molecular flexibility index (Phi) is 8.31. The number of hydrogen-bond acceptors (Lipinski definition) is 16. The number of aliphatic hydroxyl groups is 4. The molecule has 6 rings (SSSR count). The molecule has 2 unspecified atom stereocenters. The van der Waals surface area contributed by atoms with Gasteiger partial charge in [-0.05, 0) is 6.07 Å². The molecule has 0 aliphatic carbocycles. The maximum atomic E-state index is 12.4. The predicted octanol–water partition coefficient (Wildman–Crippen LogP) is -2.49. The van der Waals surface area contributed by atoms with Crippen LogP contribution in [-0.4, -0.2) is 99.1 Å². The fraction of sp³-hybridized carbons (Fsp3) is 0.455. The normalized spacial score (nSPS) is 31.9. The Morgan fingerprint density at radius 2 is 1.70 bits per heavy atom. The smallest absolute Gasteiger partial charge is 0.478 e. The molecule has 20 nitrogen and oxygen atoms in total. The van der Waals surface area contributed by atoms with E-state index < -0.39 is 77.9 Å². The molecule has 0 bridgehead atoms. The number of nitrogens with zero attached hydrogens (tertiary/aromatic N) is 6. The molecule has 4 aromatic rings. The van der Waals surface area contributed by atoms with Crippen LogP contribution in [0.1, 0.15) is 12.5 Å². The van der Waals surface area contributed by atoms with Crippen molar-refractivity contribution in [2.75, 3.05) is 18.9 Å². The van der Waals surface area contributed by atoms with Gasteiger partial charge in [0.2, 0.25) is 0 Å². The number of nitrogen functional groups attached to an aromatic ring is 1. The Bertz CT molecular complexity index is 1760. The highest BCUT2D eigenvalue weighted by Gasteiger charge is 2.49. The maximum Gasteiger partial charge on any atom is 0.478 e. The van der Waals surface area contributed by atoms with Crippen LogP contribution in [0.15, 0.2) is 49.6 Å². The lowest BCUT2D eigenvalue weighted by atomic mass is 10.1. The van der Waals surface area contributed by atoms with Crippen molar-refractivity contribution in [2.45, 2.75) is 49.1 Å². The van der Waals surface area contributed by atoms with Crippen molar-refractivity contribution < 1.29 is 66.7 Å². The van der Waals surface area contributed by atoms with Gasteiger partial charge in [0.25, 0.3) is 14.1 Å². The van der Waals surface area contributed by atoms with Crippen molar-refractivity contribution >= 4 is 38.1 Å². The van der Waals surface area contributed by atoms with E-state index in [9.17, 15) is 39.3 Å². The van der Waals surface area contributed by atoms with E-state index in [1.165, 1.54) is 34.2 Å². The van der Waals surface area contributed by atoms with Crippen molar-refractivity contribution in [2.24, 2.45) is 0 Å². The molecule has 0 aromatic carbocycles. The fourth-order valence-electron chi connectivity index (χ4n) is 4.92. The first-order chi connectivity index (χ1) is 20.8. The van der Waals surface area contributed by atoms with Gasteiger partial charge in [-0.2, -0.15) is 4.57 Å². The van der Waals surface area contributed by atoms with Gasteiger partial charge in [-0.15, -0.1) is 0 Å². The summed E-state index contributed by atoms with van der Waals surface area (Å²) in [7, 11) is -11.0. The lowest BCUT2D eigenvalue weighted by Gasteiger charge is -2.26. The van der Waals surface area contributed by atoms with E-state index in [0.29, 0.717) is 16.9 Å². The Morgan fingerprint density at radius 3 is 2.48 bits per heavy atom. The van der Waals surface area contributed by atoms with E-state index in [1.54, 1.807) is 28.9 Å². The number of hydrogen-bond donors (Lipinski definition) is 6. The van der Waals surface area contributed by atoms with Crippen LogP contribution >= 0.6 is 15.6 Å². The van der Waals surface area contributed by atoms with Gasteiger partial charge in [0.1, 0.15) is 36.8 Å². The Labute approximate surface area is 246 Å². The SMILES string of the molecule is Nc1ccc[n+]([C@@H]2O[C@H](COP(=O)([O-])OP(=O)(O)OC[C@H]3O[C@@H](n4cnc5c4ncn4ccnc54)[C@H](O)[C@@H]3O)[C@@H](O)[C@H]2O)c1. The largest absolute Gasteiger partial charge is 0.756 e. The first kappa shape index (κ1) is 31.1. The second kappa shape index (κ2) is 11.8. The van der Waals surface area contributed by atoms with E-state index in [2.05, 4.69) is 23.8 Å². The zero-order valence-corrected chi connectivity index (χ0v) is 24.1. The number of aliphatic hydroxyl groups excluding tert-OH is 4.